The molecule has 5 rings (SSSR count). The van der Waals surface area contributed by atoms with Crippen LogP contribution in [0.15, 0.2) is 89.1 Å². The highest BCUT2D eigenvalue weighted by Gasteiger charge is 2.33. The highest BCUT2D eigenvalue weighted by Crippen LogP contribution is 2.34. The van der Waals surface area contributed by atoms with E-state index in [0.717, 1.165) is 33.9 Å². The van der Waals surface area contributed by atoms with Crippen LogP contribution >= 0.6 is 11.8 Å². The summed E-state index contributed by atoms with van der Waals surface area (Å²) in [4.78, 5) is 25.9. The maximum absolute atomic E-state index is 13.5. The lowest BCUT2D eigenvalue weighted by atomic mass is 9.98. The predicted molar refractivity (Wildman–Crippen MR) is 160 cm³/mol. The number of thioether (sulfide) groups is 1. The van der Waals surface area contributed by atoms with E-state index < -0.39 is 0 Å². The number of hydrazone groups is 1. The van der Waals surface area contributed by atoms with Gasteiger partial charge in [-0.15, -0.1) is 10.2 Å². The highest BCUT2D eigenvalue weighted by atomic mass is 32.2. The van der Waals surface area contributed by atoms with Gasteiger partial charge in [-0.1, -0.05) is 54.2 Å². The fourth-order valence-corrected chi connectivity index (χ4v) is 5.40. The SMILES string of the molecule is COc1ccc(C2=NN(C(=O)CSc3nnc(CNC(=O)Cc4ccccc4)n3C)[C@@H](c3ccc(OC)cc3)C2)cc1. The number of carbonyl (C=O) groups excluding carboxylic acids is 2. The molecule has 11 heteroatoms. The molecule has 0 saturated carbocycles. The molecular weight excluding hydrogens is 552 g/mol. The molecule has 1 aliphatic heterocycles. The lowest BCUT2D eigenvalue weighted by molar-refractivity contribution is -0.130. The first-order valence-electron chi connectivity index (χ1n) is 13.4. The molecule has 216 valence electrons. The van der Waals surface area contributed by atoms with Crippen LogP contribution < -0.4 is 14.8 Å². The molecule has 0 saturated heterocycles. The van der Waals surface area contributed by atoms with Gasteiger partial charge in [-0.05, 0) is 53.1 Å². The van der Waals surface area contributed by atoms with Crippen molar-refractivity contribution in [2.24, 2.45) is 12.1 Å². The average Bonchev–Trinajstić information content (AvgIpc) is 3.63. The summed E-state index contributed by atoms with van der Waals surface area (Å²) in [5.74, 6) is 1.98. The zero-order chi connectivity index (χ0) is 29.5. The lowest BCUT2D eigenvalue weighted by Gasteiger charge is -2.22. The van der Waals surface area contributed by atoms with E-state index >= 15 is 0 Å². The van der Waals surface area contributed by atoms with Crippen LogP contribution in [-0.4, -0.2) is 57.3 Å². The maximum atomic E-state index is 13.5. The van der Waals surface area contributed by atoms with Crippen molar-refractivity contribution in [2.75, 3.05) is 20.0 Å². The molecule has 4 aromatic rings. The second kappa shape index (κ2) is 13.3. The first-order valence-corrected chi connectivity index (χ1v) is 14.4. The van der Waals surface area contributed by atoms with Gasteiger partial charge in [0.05, 0.1) is 44.7 Å². The molecule has 1 aliphatic rings. The van der Waals surface area contributed by atoms with Crippen molar-refractivity contribution >= 4 is 29.3 Å². The van der Waals surface area contributed by atoms with Crippen molar-refractivity contribution in [2.45, 2.75) is 30.6 Å². The maximum Gasteiger partial charge on any atom is 0.253 e. The number of nitrogens with one attached hydrogen (secondary N) is 1. The number of nitrogens with zero attached hydrogens (tertiary/aromatic N) is 5. The zero-order valence-corrected chi connectivity index (χ0v) is 24.5. The third kappa shape index (κ3) is 6.80. The van der Waals surface area contributed by atoms with E-state index in [4.69, 9.17) is 14.6 Å². The minimum absolute atomic E-state index is 0.0993. The summed E-state index contributed by atoms with van der Waals surface area (Å²) >= 11 is 1.28. The van der Waals surface area contributed by atoms with Gasteiger partial charge in [-0.2, -0.15) is 5.10 Å². The Kier molecular flexibility index (Phi) is 9.18. The van der Waals surface area contributed by atoms with E-state index in [0.29, 0.717) is 23.8 Å². The molecule has 0 fully saturated rings. The van der Waals surface area contributed by atoms with Gasteiger partial charge >= 0.3 is 0 Å². The van der Waals surface area contributed by atoms with Crippen LogP contribution in [0.5, 0.6) is 11.5 Å². The lowest BCUT2D eigenvalue weighted by Crippen LogP contribution is -2.28. The second-order valence-corrected chi connectivity index (χ2v) is 10.6. The summed E-state index contributed by atoms with van der Waals surface area (Å²) in [5.41, 5.74) is 3.66. The molecule has 1 aromatic heterocycles. The molecule has 1 atom stereocenters. The van der Waals surface area contributed by atoms with Crippen LogP contribution in [0.25, 0.3) is 0 Å². The van der Waals surface area contributed by atoms with Gasteiger partial charge in [0, 0.05) is 13.5 Å². The molecule has 3 aromatic carbocycles. The Labute approximate surface area is 248 Å². The Hall–Kier alpha value is -4.64. The highest BCUT2D eigenvalue weighted by molar-refractivity contribution is 7.99. The third-order valence-corrected chi connectivity index (χ3v) is 8.00. The van der Waals surface area contributed by atoms with Crippen LogP contribution in [0, 0.1) is 0 Å². The zero-order valence-electron chi connectivity index (χ0n) is 23.7. The topological polar surface area (TPSA) is 111 Å². The van der Waals surface area contributed by atoms with Gasteiger partial charge in [-0.3, -0.25) is 9.59 Å². The molecule has 10 nitrogen and oxygen atoms in total. The fourth-order valence-electron chi connectivity index (χ4n) is 4.62. The smallest absolute Gasteiger partial charge is 0.253 e. The number of hydrogen-bond acceptors (Lipinski definition) is 8. The minimum Gasteiger partial charge on any atom is -0.497 e. The van der Waals surface area contributed by atoms with E-state index in [1.807, 2.05) is 85.9 Å². The number of hydrogen-bond donors (Lipinski definition) is 1. The molecule has 2 heterocycles. The first-order chi connectivity index (χ1) is 20.4. The monoisotopic (exact) mass is 584 g/mol. The first kappa shape index (κ1) is 28.9. The van der Waals surface area contributed by atoms with Gasteiger partial charge in [0.2, 0.25) is 5.91 Å². The normalized spacial score (nSPS) is 14.4. The van der Waals surface area contributed by atoms with Crippen LogP contribution in [0.2, 0.25) is 0 Å². The Bertz CT molecular complexity index is 1550. The van der Waals surface area contributed by atoms with Crippen molar-refractivity contribution in [3.05, 3.63) is 101 Å². The molecule has 0 aliphatic carbocycles. The third-order valence-electron chi connectivity index (χ3n) is 6.99. The number of rotatable bonds is 11. The van der Waals surface area contributed by atoms with Crippen LogP contribution in [0.1, 0.15) is 35.0 Å². The molecule has 0 radical (unpaired) electrons. The molecule has 0 bridgehead atoms. The fraction of sp³-hybridized carbons (Fsp3) is 0.258. The number of benzene rings is 3. The van der Waals surface area contributed by atoms with Crippen molar-refractivity contribution in [1.82, 2.24) is 25.1 Å². The molecule has 0 spiro atoms. The van der Waals surface area contributed by atoms with Crippen LogP contribution in [0.4, 0.5) is 0 Å². The van der Waals surface area contributed by atoms with Crippen molar-refractivity contribution in [3.8, 4) is 11.5 Å². The summed E-state index contributed by atoms with van der Waals surface area (Å²) in [6.45, 7) is 0.241. The van der Waals surface area contributed by atoms with Gasteiger partial charge < -0.3 is 19.4 Å². The summed E-state index contributed by atoms with van der Waals surface area (Å²) in [6, 6.07) is 24.7. The number of ether oxygens (including phenoxy) is 2. The summed E-state index contributed by atoms with van der Waals surface area (Å²) < 4.78 is 12.4. The molecular formula is C31H32N6O4S. The minimum atomic E-state index is -0.254. The molecule has 42 heavy (non-hydrogen) atoms. The molecule has 1 N–H and O–H groups in total. The second-order valence-electron chi connectivity index (χ2n) is 9.69. The van der Waals surface area contributed by atoms with E-state index in [1.54, 1.807) is 23.8 Å². The number of carbonyl (C=O) groups is 2. The van der Waals surface area contributed by atoms with E-state index in [9.17, 15) is 9.59 Å². The number of amides is 2. The van der Waals surface area contributed by atoms with Gasteiger partial charge in [0.15, 0.2) is 11.0 Å². The Morgan fingerprint density at radius 1 is 0.929 bits per heavy atom. The Balaban J connectivity index is 1.25. The summed E-state index contributed by atoms with van der Waals surface area (Å²) in [6.07, 6.45) is 0.866. The number of methoxy groups -OCH3 is 2. The molecule has 0 unspecified atom stereocenters. The van der Waals surface area contributed by atoms with Gasteiger partial charge in [0.1, 0.15) is 11.5 Å². The summed E-state index contributed by atoms with van der Waals surface area (Å²) in [7, 11) is 5.07. The van der Waals surface area contributed by atoms with E-state index in [2.05, 4.69) is 15.5 Å². The Morgan fingerprint density at radius 2 is 1.60 bits per heavy atom. The van der Waals surface area contributed by atoms with Crippen molar-refractivity contribution in [1.29, 1.82) is 0 Å². The number of aromatic nitrogens is 3. The molecule has 2 amide bonds. The average molecular weight is 585 g/mol. The van der Waals surface area contributed by atoms with Crippen molar-refractivity contribution < 1.29 is 19.1 Å². The largest absolute Gasteiger partial charge is 0.497 e. The summed E-state index contributed by atoms with van der Waals surface area (Å²) in [5, 5.41) is 18.3. The quantitative estimate of drug-likeness (QED) is 0.264. The van der Waals surface area contributed by atoms with E-state index in [-0.39, 0.29) is 30.2 Å². The van der Waals surface area contributed by atoms with Gasteiger partial charge in [-0.25, -0.2) is 5.01 Å². The van der Waals surface area contributed by atoms with E-state index in [1.165, 1.54) is 11.8 Å². The van der Waals surface area contributed by atoms with Crippen LogP contribution in [-0.2, 0) is 29.6 Å². The van der Waals surface area contributed by atoms with Gasteiger partial charge in [0.25, 0.3) is 5.91 Å². The standard InChI is InChI=1S/C31H32N6O4S/c1-36-28(19-32-29(38)17-21-7-5-4-6-8-21)33-34-31(36)42-20-30(39)37-27(23-11-15-25(41-3)16-12-23)18-26(35-37)22-9-13-24(40-2)14-10-22/h4-16,27H,17-20H2,1-3H3,(H,32,38)/t27-/m1/s1. The van der Waals surface area contributed by atoms with Crippen LogP contribution in [0.3, 0.4) is 0 Å². The predicted octanol–water partition coefficient (Wildman–Crippen LogP) is 4.16. The Morgan fingerprint density at radius 3 is 2.26 bits per heavy atom. The van der Waals surface area contributed by atoms with Crippen molar-refractivity contribution in [3.63, 3.8) is 0 Å².